The van der Waals surface area contributed by atoms with Gasteiger partial charge < -0.3 is 10.1 Å². The van der Waals surface area contributed by atoms with Crippen LogP contribution < -0.4 is 5.32 Å². The number of hydrogen-bond donors (Lipinski definition) is 1. The van der Waals surface area contributed by atoms with E-state index < -0.39 is 6.09 Å². The van der Waals surface area contributed by atoms with Crippen molar-refractivity contribution in [2.45, 2.75) is 32.2 Å². The molecule has 0 heterocycles. The molecule has 0 saturated heterocycles. The SMILES string of the molecule is COC(=O)N[C@H](CCc1ccccc1)CC(C)=O. The Bertz CT molecular complexity index is 389. The molecular weight excluding hydrogens is 230 g/mol. The smallest absolute Gasteiger partial charge is 0.407 e. The van der Waals surface area contributed by atoms with Crippen LogP contribution in [0.1, 0.15) is 25.3 Å². The van der Waals surface area contributed by atoms with Gasteiger partial charge in [0.15, 0.2) is 0 Å². The van der Waals surface area contributed by atoms with Crippen molar-refractivity contribution in [3.8, 4) is 0 Å². The van der Waals surface area contributed by atoms with Crippen LogP contribution in [0.15, 0.2) is 30.3 Å². The highest BCUT2D eigenvalue weighted by Crippen LogP contribution is 2.08. The number of aryl methyl sites for hydroxylation is 1. The van der Waals surface area contributed by atoms with E-state index in [1.165, 1.54) is 19.6 Å². The minimum atomic E-state index is -0.491. The number of methoxy groups -OCH3 is 1. The van der Waals surface area contributed by atoms with Gasteiger partial charge >= 0.3 is 6.09 Å². The number of ketones is 1. The molecule has 0 spiro atoms. The number of carbonyl (C=O) groups excluding carboxylic acids is 2. The molecule has 0 bridgehead atoms. The molecule has 0 radical (unpaired) electrons. The van der Waals surface area contributed by atoms with Crippen molar-refractivity contribution in [1.82, 2.24) is 5.32 Å². The average molecular weight is 249 g/mol. The Morgan fingerprint density at radius 1 is 1.28 bits per heavy atom. The van der Waals surface area contributed by atoms with Crippen LogP contribution in [0.25, 0.3) is 0 Å². The number of alkyl carbamates (subject to hydrolysis) is 1. The van der Waals surface area contributed by atoms with Gasteiger partial charge in [-0.15, -0.1) is 0 Å². The van der Waals surface area contributed by atoms with Gasteiger partial charge in [0, 0.05) is 12.5 Å². The minimum Gasteiger partial charge on any atom is -0.453 e. The van der Waals surface area contributed by atoms with Crippen LogP contribution >= 0.6 is 0 Å². The fourth-order valence-corrected chi connectivity index (χ4v) is 1.78. The number of ether oxygens (including phenoxy) is 1. The standard InChI is InChI=1S/C14H19NO3/c1-11(16)10-13(15-14(17)18-2)9-8-12-6-4-3-5-7-12/h3-7,13H,8-10H2,1-2H3,(H,15,17)/t13-/m1/s1. The van der Waals surface area contributed by atoms with Crippen molar-refractivity contribution < 1.29 is 14.3 Å². The molecule has 1 atom stereocenters. The fraction of sp³-hybridized carbons (Fsp3) is 0.429. The van der Waals surface area contributed by atoms with Gasteiger partial charge in [-0.25, -0.2) is 4.79 Å². The van der Waals surface area contributed by atoms with Gasteiger partial charge in [-0.05, 0) is 25.3 Å². The lowest BCUT2D eigenvalue weighted by Crippen LogP contribution is -2.36. The minimum absolute atomic E-state index is 0.0597. The molecule has 0 saturated carbocycles. The maximum Gasteiger partial charge on any atom is 0.407 e. The van der Waals surface area contributed by atoms with E-state index in [0.717, 1.165) is 12.8 Å². The first kappa shape index (κ1) is 14.2. The zero-order valence-corrected chi connectivity index (χ0v) is 10.8. The fourth-order valence-electron chi connectivity index (χ4n) is 1.78. The van der Waals surface area contributed by atoms with Crippen LogP contribution in [0.4, 0.5) is 4.79 Å². The Hall–Kier alpha value is -1.84. The van der Waals surface area contributed by atoms with Gasteiger partial charge in [-0.2, -0.15) is 0 Å². The van der Waals surface area contributed by atoms with Crippen LogP contribution in [-0.2, 0) is 16.0 Å². The summed E-state index contributed by atoms with van der Waals surface area (Å²) in [5.41, 5.74) is 1.19. The Balaban J connectivity index is 2.50. The lowest BCUT2D eigenvalue weighted by molar-refractivity contribution is -0.117. The van der Waals surface area contributed by atoms with Gasteiger partial charge in [0.2, 0.25) is 0 Å². The third-order valence-corrected chi connectivity index (χ3v) is 2.67. The summed E-state index contributed by atoms with van der Waals surface area (Å²) < 4.78 is 4.55. The molecule has 4 nitrogen and oxygen atoms in total. The van der Waals surface area contributed by atoms with Crippen molar-refractivity contribution >= 4 is 11.9 Å². The highest BCUT2D eigenvalue weighted by atomic mass is 16.5. The van der Waals surface area contributed by atoms with Gasteiger partial charge in [0.05, 0.1) is 7.11 Å². The molecule has 1 aromatic rings. The monoisotopic (exact) mass is 249 g/mol. The largest absolute Gasteiger partial charge is 0.453 e. The molecule has 98 valence electrons. The van der Waals surface area contributed by atoms with E-state index in [4.69, 9.17) is 0 Å². The third-order valence-electron chi connectivity index (χ3n) is 2.67. The Kier molecular flexibility index (Phi) is 5.91. The third kappa shape index (κ3) is 5.48. The number of hydrogen-bond acceptors (Lipinski definition) is 3. The van der Waals surface area contributed by atoms with Crippen molar-refractivity contribution in [3.05, 3.63) is 35.9 Å². The number of amides is 1. The zero-order valence-electron chi connectivity index (χ0n) is 10.8. The molecule has 4 heteroatoms. The maximum absolute atomic E-state index is 11.2. The number of Topliss-reactive ketones (excluding diaryl/α,β-unsaturated/α-hetero) is 1. The summed E-state index contributed by atoms with van der Waals surface area (Å²) in [6, 6.07) is 9.80. The first-order valence-electron chi connectivity index (χ1n) is 5.99. The van der Waals surface area contributed by atoms with E-state index in [9.17, 15) is 9.59 Å². The molecule has 1 rings (SSSR count). The van der Waals surface area contributed by atoms with Crippen molar-refractivity contribution in [1.29, 1.82) is 0 Å². The topological polar surface area (TPSA) is 55.4 Å². The molecule has 0 fully saturated rings. The summed E-state index contributed by atoms with van der Waals surface area (Å²) in [5.74, 6) is 0.0597. The summed E-state index contributed by atoms with van der Waals surface area (Å²) in [6.07, 6.45) is 1.39. The highest BCUT2D eigenvalue weighted by Gasteiger charge is 2.14. The predicted octanol–water partition coefficient (Wildman–Crippen LogP) is 2.32. The lowest BCUT2D eigenvalue weighted by atomic mass is 10.0. The van der Waals surface area contributed by atoms with Gasteiger partial charge in [-0.3, -0.25) is 4.79 Å². The molecule has 1 amide bonds. The van der Waals surface area contributed by atoms with Crippen molar-refractivity contribution in [2.75, 3.05) is 7.11 Å². The Labute approximate surface area is 107 Å². The molecule has 0 aliphatic heterocycles. The van der Waals surface area contributed by atoms with Crippen LogP contribution in [0.3, 0.4) is 0 Å². The average Bonchev–Trinajstić information content (AvgIpc) is 2.36. The molecule has 18 heavy (non-hydrogen) atoms. The van der Waals surface area contributed by atoms with Gasteiger partial charge in [-0.1, -0.05) is 30.3 Å². The quantitative estimate of drug-likeness (QED) is 0.841. The van der Waals surface area contributed by atoms with Crippen molar-refractivity contribution in [3.63, 3.8) is 0 Å². The molecular formula is C14H19NO3. The predicted molar refractivity (Wildman–Crippen MR) is 69.4 cm³/mol. The molecule has 0 aliphatic rings. The summed E-state index contributed by atoms with van der Waals surface area (Å²) in [6.45, 7) is 1.52. The number of carbonyl (C=O) groups is 2. The highest BCUT2D eigenvalue weighted by molar-refractivity contribution is 5.77. The summed E-state index contributed by atoms with van der Waals surface area (Å²) in [4.78, 5) is 22.3. The van der Waals surface area contributed by atoms with Crippen LogP contribution in [0.5, 0.6) is 0 Å². The number of nitrogens with one attached hydrogen (secondary N) is 1. The van der Waals surface area contributed by atoms with Crippen molar-refractivity contribution in [2.24, 2.45) is 0 Å². The number of rotatable bonds is 6. The Morgan fingerprint density at radius 3 is 2.50 bits per heavy atom. The second-order valence-corrected chi connectivity index (χ2v) is 4.26. The molecule has 1 aromatic carbocycles. The van der Waals surface area contributed by atoms with Crippen LogP contribution in [0.2, 0.25) is 0 Å². The maximum atomic E-state index is 11.2. The zero-order chi connectivity index (χ0) is 13.4. The summed E-state index contributed by atoms with van der Waals surface area (Å²) in [7, 11) is 1.32. The van der Waals surface area contributed by atoms with E-state index >= 15 is 0 Å². The van der Waals surface area contributed by atoms with E-state index in [1.54, 1.807) is 0 Å². The van der Waals surface area contributed by atoms with E-state index in [1.807, 2.05) is 30.3 Å². The number of benzene rings is 1. The summed E-state index contributed by atoms with van der Waals surface area (Å²) in [5, 5.41) is 2.69. The molecule has 0 unspecified atom stereocenters. The molecule has 0 aliphatic carbocycles. The normalized spacial score (nSPS) is 11.7. The second-order valence-electron chi connectivity index (χ2n) is 4.26. The van der Waals surface area contributed by atoms with Gasteiger partial charge in [0.25, 0.3) is 0 Å². The van der Waals surface area contributed by atoms with E-state index in [0.29, 0.717) is 6.42 Å². The van der Waals surface area contributed by atoms with E-state index in [-0.39, 0.29) is 11.8 Å². The second kappa shape index (κ2) is 7.48. The van der Waals surface area contributed by atoms with Gasteiger partial charge in [0.1, 0.15) is 5.78 Å². The van der Waals surface area contributed by atoms with Crippen LogP contribution in [-0.4, -0.2) is 25.0 Å². The molecule has 0 aromatic heterocycles. The first-order chi connectivity index (χ1) is 8.61. The molecule has 1 N–H and O–H groups in total. The summed E-state index contributed by atoms with van der Waals surface area (Å²) >= 11 is 0. The lowest BCUT2D eigenvalue weighted by Gasteiger charge is -2.16. The Morgan fingerprint density at radius 2 is 1.94 bits per heavy atom. The van der Waals surface area contributed by atoms with E-state index in [2.05, 4.69) is 10.1 Å². The first-order valence-corrected chi connectivity index (χ1v) is 5.99. The van der Waals surface area contributed by atoms with Crippen LogP contribution in [0, 0.1) is 0 Å².